The number of carbonyl (C=O) groups is 2. The molecular weight excluding hydrogens is 656 g/mol. The summed E-state index contributed by atoms with van der Waals surface area (Å²) in [6, 6.07) is 12.8. The zero-order valence-electron chi connectivity index (χ0n) is 30.9. The first-order chi connectivity index (χ1) is 25.0. The molecule has 5 heterocycles. The molecule has 1 saturated heterocycles. The SMILES string of the molecule is CNc1cc(N2CCc3c(-c4ccc(CC5CC6(CCN(C(=O)OC(C)(C)C)CC6)C5)cn4)cccc32)nn2c(C(=O)N[C@@H]3CC[C@H]3OC)cnc12. The molecule has 2 saturated carbocycles. The first kappa shape index (κ1) is 34.4. The molecule has 4 aromatic rings. The molecule has 12 heteroatoms. The van der Waals surface area contributed by atoms with Gasteiger partial charge in [0.15, 0.2) is 17.2 Å². The normalized spacial score (nSPS) is 21.1. The summed E-state index contributed by atoms with van der Waals surface area (Å²) in [5, 5.41) is 11.3. The Bertz CT molecular complexity index is 1970. The summed E-state index contributed by atoms with van der Waals surface area (Å²) in [4.78, 5) is 39.5. The van der Waals surface area contributed by atoms with Gasteiger partial charge in [0.25, 0.3) is 5.91 Å². The third-order valence-corrected chi connectivity index (χ3v) is 11.6. The van der Waals surface area contributed by atoms with Crippen LogP contribution in [0.4, 0.5) is 22.0 Å². The summed E-state index contributed by atoms with van der Waals surface area (Å²) >= 11 is 0. The van der Waals surface area contributed by atoms with E-state index in [1.807, 2.05) is 38.8 Å². The van der Waals surface area contributed by atoms with Gasteiger partial charge in [0.1, 0.15) is 5.60 Å². The Morgan fingerprint density at radius 3 is 2.50 bits per heavy atom. The number of piperidine rings is 1. The second-order valence-corrected chi connectivity index (χ2v) is 16.2. The van der Waals surface area contributed by atoms with Crippen LogP contribution in [0.1, 0.15) is 80.9 Å². The Labute approximate surface area is 305 Å². The van der Waals surface area contributed by atoms with Crippen LogP contribution < -0.4 is 15.5 Å². The van der Waals surface area contributed by atoms with Crippen LogP contribution in [0, 0.1) is 11.3 Å². The number of ether oxygens (including phenoxy) is 2. The summed E-state index contributed by atoms with van der Waals surface area (Å²) in [6.45, 7) is 8.10. The lowest BCUT2D eigenvalue weighted by Crippen LogP contribution is -2.51. The lowest BCUT2D eigenvalue weighted by atomic mass is 9.56. The number of likely N-dealkylation sites (tertiary alicyclic amines) is 1. The first-order valence-electron chi connectivity index (χ1n) is 18.8. The van der Waals surface area contributed by atoms with Crippen molar-refractivity contribution in [3.63, 3.8) is 0 Å². The monoisotopic (exact) mass is 706 g/mol. The van der Waals surface area contributed by atoms with Crippen LogP contribution in [0.5, 0.6) is 0 Å². The first-order valence-corrected chi connectivity index (χ1v) is 18.8. The van der Waals surface area contributed by atoms with Crippen molar-refractivity contribution in [2.75, 3.05) is 44.0 Å². The smallest absolute Gasteiger partial charge is 0.410 e. The zero-order valence-corrected chi connectivity index (χ0v) is 30.9. The van der Waals surface area contributed by atoms with Crippen molar-refractivity contribution >= 4 is 34.8 Å². The van der Waals surface area contributed by atoms with Gasteiger partial charge in [-0.2, -0.15) is 0 Å². The van der Waals surface area contributed by atoms with Gasteiger partial charge in [-0.3, -0.25) is 9.78 Å². The average Bonchev–Trinajstić information content (AvgIpc) is 3.74. The summed E-state index contributed by atoms with van der Waals surface area (Å²) in [5.41, 5.74) is 7.43. The molecule has 1 aromatic carbocycles. The predicted octanol–water partition coefficient (Wildman–Crippen LogP) is 6.40. The highest BCUT2D eigenvalue weighted by Gasteiger charge is 2.46. The molecular formula is C40H50N8O4. The maximum atomic E-state index is 13.3. The fourth-order valence-corrected chi connectivity index (χ4v) is 8.74. The third kappa shape index (κ3) is 6.46. The molecule has 0 radical (unpaired) electrons. The van der Waals surface area contributed by atoms with E-state index < -0.39 is 5.60 Å². The van der Waals surface area contributed by atoms with Crippen LogP contribution in [0.15, 0.2) is 48.8 Å². The number of pyridine rings is 1. The van der Waals surface area contributed by atoms with Crippen molar-refractivity contribution in [1.82, 2.24) is 29.8 Å². The Kier molecular flexibility index (Phi) is 8.84. The maximum absolute atomic E-state index is 13.3. The van der Waals surface area contributed by atoms with E-state index in [-0.39, 0.29) is 24.1 Å². The van der Waals surface area contributed by atoms with Crippen LogP contribution >= 0.6 is 0 Å². The van der Waals surface area contributed by atoms with Crippen molar-refractivity contribution in [3.8, 4) is 11.3 Å². The number of fused-ring (bicyclic) bond motifs is 2. The molecule has 2 amide bonds. The number of methoxy groups -OCH3 is 1. The van der Waals surface area contributed by atoms with Gasteiger partial charge in [0.2, 0.25) is 0 Å². The zero-order chi connectivity index (χ0) is 36.2. The molecule has 3 aromatic heterocycles. The van der Waals surface area contributed by atoms with Crippen molar-refractivity contribution < 1.29 is 19.1 Å². The molecule has 0 bridgehead atoms. The van der Waals surface area contributed by atoms with Crippen LogP contribution in [0.2, 0.25) is 0 Å². The molecule has 2 aliphatic carbocycles. The number of carbonyl (C=O) groups excluding carboxylic acids is 2. The molecule has 274 valence electrons. The molecule has 12 nitrogen and oxygen atoms in total. The number of nitrogens with one attached hydrogen (secondary N) is 2. The second-order valence-electron chi connectivity index (χ2n) is 16.2. The number of amides is 2. The maximum Gasteiger partial charge on any atom is 0.410 e. The van der Waals surface area contributed by atoms with E-state index in [2.05, 4.69) is 57.0 Å². The topological polar surface area (TPSA) is 126 Å². The molecule has 8 rings (SSSR count). The van der Waals surface area contributed by atoms with Gasteiger partial charge in [-0.15, -0.1) is 5.10 Å². The number of hydrogen-bond donors (Lipinski definition) is 2. The predicted molar refractivity (Wildman–Crippen MR) is 200 cm³/mol. The van der Waals surface area contributed by atoms with E-state index in [9.17, 15) is 9.59 Å². The molecule has 2 aliphatic heterocycles. The Balaban J connectivity index is 0.936. The quantitative estimate of drug-likeness (QED) is 0.214. The van der Waals surface area contributed by atoms with Gasteiger partial charge >= 0.3 is 6.09 Å². The van der Waals surface area contributed by atoms with Crippen LogP contribution in [0.25, 0.3) is 16.9 Å². The number of hydrogen-bond acceptors (Lipinski definition) is 9. The van der Waals surface area contributed by atoms with E-state index >= 15 is 0 Å². The highest BCUT2D eigenvalue weighted by molar-refractivity contribution is 5.94. The van der Waals surface area contributed by atoms with Crippen molar-refractivity contribution in [2.24, 2.45) is 11.3 Å². The molecule has 1 spiro atoms. The number of nitrogens with zero attached hydrogens (tertiary/aromatic N) is 6. The van der Waals surface area contributed by atoms with E-state index in [0.29, 0.717) is 22.7 Å². The van der Waals surface area contributed by atoms with Gasteiger partial charge in [-0.25, -0.2) is 14.3 Å². The van der Waals surface area contributed by atoms with Crippen LogP contribution in [-0.4, -0.2) is 88.0 Å². The Morgan fingerprint density at radius 1 is 1.02 bits per heavy atom. The Hall–Kier alpha value is -4.71. The molecule has 3 fully saturated rings. The fraction of sp³-hybridized carbons (Fsp3) is 0.525. The highest BCUT2D eigenvalue weighted by Crippen LogP contribution is 2.53. The number of anilines is 3. The molecule has 52 heavy (non-hydrogen) atoms. The largest absolute Gasteiger partial charge is 0.444 e. The lowest BCUT2D eigenvalue weighted by molar-refractivity contribution is -0.0270. The van der Waals surface area contributed by atoms with Crippen LogP contribution in [-0.2, 0) is 22.3 Å². The summed E-state index contributed by atoms with van der Waals surface area (Å²) in [6.07, 6.45) is 11.8. The minimum Gasteiger partial charge on any atom is -0.444 e. The molecule has 2 N–H and O–H groups in total. The lowest BCUT2D eigenvalue weighted by Gasteiger charge is -2.52. The van der Waals surface area contributed by atoms with Gasteiger partial charge < -0.3 is 29.9 Å². The minimum absolute atomic E-state index is 0.00566. The van der Waals surface area contributed by atoms with E-state index in [4.69, 9.17) is 19.6 Å². The van der Waals surface area contributed by atoms with Crippen molar-refractivity contribution in [1.29, 1.82) is 0 Å². The summed E-state index contributed by atoms with van der Waals surface area (Å²) in [5.74, 6) is 1.20. The average molecular weight is 707 g/mol. The van der Waals surface area contributed by atoms with E-state index in [0.717, 1.165) is 86.6 Å². The Morgan fingerprint density at radius 2 is 1.83 bits per heavy atom. The van der Waals surface area contributed by atoms with Gasteiger partial charge in [0.05, 0.1) is 29.7 Å². The highest BCUT2D eigenvalue weighted by atomic mass is 16.6. The number of rotatable bonds is 8. The van der Waals surface area contributed by atoms with E-state index in [1.54, 1.807) is 17.8 Å². The summed E-state index contributed by atoms with van der Waals surface area (Å²) in [7, 11) is 3.54. The fourth-order valence-electron chi connectivity index (χ4n) is 8.74. The second kappa shape index (κ2) is 13.4. The minimum atomic E-state index is -0.459. The van der Waals surface area contributed by atoms with Crippen LogP contribution in [0.3, 0.4) is 0 Å². The number of aromatic nitrogens is 4. The van der Waals surface area contributed by atoms with Crippen molar-refractivity contribution in [3.05, 3.63) is 65.6 Å². The molecule has 4 aliphatic rings. The van der Waals surface area contributed by atoms with Gasteiger partial charge in [0, 0.05) is 57.3 Å². The number of imidazole rings is 1. The van der Waals surface area contributed by atoms with Gasteiger partial charge in [-0.05, 0) is 107 Å². The van der Waals surface area contributed by atoms with E-state index in [1.165, 1.54) is 24.0 Å². The number of benzene rings is 1. The summed E-state index contributed by atoms with van der Waals surface area (Å²) < 4.78 is 12.7. The van der Waals surface area contributed by atoms with Gasteiger partial charge in [-0.1, -0.05) is 18.2 Å². The standard InChI is InChI=1S/C40H50N8O4/c1-39(2,3)52-38(50)46-17-14-40(15-18-46)21-26(22-40)19-25-9-10-29(42-23-25)27-7-6-8-32-28(27)13-16-47(32)35-20-31(41-4)36-43-24-33(48(36)45-35)37(49)44-30-11-12-34(30)51-5/h6-10,20,23-24,26,30,34,41H,11-19,21-22H2,1-5H3,(H,44,49)/t30-,34-/m1/s1. The van der Waals surface area contributed by atoms with Crippen molar-refractivity contribution in [2.45, 2.75) is 89.9 Å². The molecule has 2 atom stereocenters. The third-order valence-electron chi connectivity index (χ3n) is 11.6. The molecule has 0 unspecified atom stereocenters.